The number of rotatable bonds is 2. The van der Waals surface area contributed by atoms with Crippen LogP contribution in [-0.2, 0) is 13.1 Å². The molecular weight excluding hydrogens is 238 g/mol. The summed E-state index contributed by atoms with van der Waals surface area (Å²) in [5.41, 5.74) is 6.39. The van der Waals surface area contributed by atoms with E-state index in [0.717, 1.165) is 37.9 Å². The first-order valence-corrected chi connectivity index (χ1v) is 7.55. The number of fused-ring (bicyclic) bond motifs is 1. The Balaban J connectivity index is 1.79. The second-order valence-electron chi connectivity index (χ2n) is 6.33. The van der Waals surface area contributed by atoms with Gasteiger partial charge in [-0.3, -0.25) is 4.90 Å². The van der Waals surface area contributed by atoms with Gasteiger partial charge in [0.25, 0.3) is 0 Å². The number of hydrogen-bond acceptors (Lipinski definition) is 4. The van der Waals surface area contributed by atoms with Gasteiger partial charge >= 0.3 is 0 Å². The second kappa shape index (κ2) is 5.21. The van der Waals surface area contributed by atoms with Crippen molar-refractivity contribution < 1.29 is 0 Å². The van der Waals surface area contributed by atoms with E-state index in [1.165, 1.54) is 32.1 Å². The van der Waals surface area contributed by atoms with Gasteiger partial charge < -0.3 is 10.3 Å². The SMILES string of the molecule is CC1CCCC(CN)(N2CCn3cnnc3C2)CC1. The third kappa shape index (κ3) is 2.41. The zero-order chi connectivity index (χ0) is 13.3. The molecule has 5 nitrogen and oxygen atoms in total. The molecule has 1 aromatic heterocycles. The maximum absolute atomic E-state index is 6.19. The molecule has 5 heteroatoms. The van der Waals surface area contributed by atoms with Gasteiger partial charge in [0.1, 0.15) is 12.2 Å². The Kier molecular flexibility index (Phi) is 3.58. The lowest BCUT2D eigenvalue weighted by Gasteiger charge is -2.45. The molecule has 0 bridgehead atoms. The molecule has 0 aromatic carbocycles. The smallest absolute Gasteiger partial charge is 0.147 e. The van der Waals surface area contributed by atoms with Gasteiger partial charge in [-0.15, -0.1) is 10.2 Å². The largest absolute Gasteiger partial charge is 0.329 e. The average Bonchev–Trinajstić information content (AvgIpc) is 2.81. The summed E-state index contributed by atoms with van der Waals surface area (Å²) in [5.74, 6) is 1.94. The quantitative estimate of drug-likeness (QED) is 0.819. The van der Waals surface area contributed by atoms with Gasteiger partial charge in [-0.2, -0.15) is 0 Å². The summed E-state index contributed by atoms with van der Waals surface area (Å²) in [7, 11) is 0. The van der Waals surface area contributed by atoms with Crippen LogP contribution in [0.25, 0.3) is 0 Å². The van der Waals surface area contributed by atoms with Crippen LogP contribution in [0, 0.1) is 5.92 Å². The molecular formula is C14H25N5. The molecule has 1 saturated carbocycles. The molecule has 2 heterocycles. The monoisotopic (exact) mass is 263 g/mol. The topological polar surface area (TPSA) is 60.0 Å². The fourth-order valence-corrected chi connectivity index (χ4v) is 3.68. The highest BCUT2D eigenvalue weighted by Crippen LogP contribution is 2.35. The van der Waals surface area contributed by atoms with Gasteiger partial charge in [-0.05, 0) is 25.2 Å². The van der Waals surface area contributed by atoms with E-state index in [9.17, 15) is 0 Å². The molecule has 0 spiro atoms. The molecule has 0 saturated heterocycles. The van der Waals surface area contributed by atoms with Crippen LogP contribution >= 0.6 is 0 Å². The zero-order valence-electron chi connectivity index (χ0n) is 11.9. The van der Waals surface area contributed by atoms with E-state index in [1.807, 2.05) is 6.33 Å². The van der Waals surface area contributed by atoms with Crippen molar-refractivity contribution in [2.75, 3.05) is 13.1 Å². The van der Waals surface area contributed by atoms with Crippen molar-refractivity contribution in [2.45, 2.75) is 57.7 Å². The molecule has 0 radical (unpaired) electrons. The lowest BCUT2D eigenvalue weighted by Crippen LogP contribution is -2.55. The Labute approximate surface area is 115 Å². The lowest BCUT2D eigenvalue weighted by atomic mass is 9.87. The number of nitrogens with two attached hydrogens (primary N) is 1. The van der Waals surface area contributed by atoms with Gasteiger partial charge in [0.2, 0.25) is 0 Å². The summed E-state index contributed by atoms with van der Waals surface area (Å²) in [6, 6.07) is 0. The summed E-state index contributed by atoms with van der Waals surface area (Å²) in [5, 5.41) is 8.25. The Hall–Kier alpha value is -0.940. The molecule has 2 aliphatic rings. The van der Waals surface area contributed by atoms with E-state index in [0.29, 0.717) is 0 Å². The maximum atomic E-state index is 6.19. The van der Waals surface area contributed by atoms with Crippen molar-refractivity contribution >= 4 is 0 Å². The van der Waals surface area contributed by atoms with Gasteiger partial charge in [0.15, 0.2) is 0 Å². The molecule has 2 unspecified atom stereocenters. The van der Waals surface area contributed by atoms with Crippen molar-refractivity contribution in [3.63, 3.8) is 0 Å². The van der Waals surface area contributed by atoms with E-state index in [4.69, 9.17) is 5.73 Å². The maximum Gasteiger partial charge on any atom is 0.147 e. The minimum Gasteiger partial charge on any atom is -0.329 e. The average molecular weight is 263 g/mol. The first-order valence-electron chi connectivity index (χ1n) is 7.55. The molecule has 2 N–H and O–H groups in total. The van der Waals surface area contributed by atoms with Crippen LogP contribution in [0.1, 0.15) is 44.9 Å². The number of nitrogens with zero attached hydrogens (tertiary/aromatic N) is 4. The fraction of sp³-hybridized carbons (Fsp3) is 0.857. The van der Waals surface area contributed by atoms with Gasteiger partial charge in [-0.1, -0.05) is 19.8 Å². The van der Waals surface area contributed by atoms with Crippen molar-refractivity contribution in [1.82, 2.24) is 19.7 Å². The van der Waals surface area contributed by atoms with E-state index in [-0.39, 0.29) is 5.54 Å². The minimum atomic E-state index is 0.196. The Morgan fingerprint density at radius 3 is 3.11 bits per heavy atom. The first kappa shape index (κ1) is 13.1. The predicted molar refractivity (Wildman–Crippen MR) is 74.5 cm³/mol. The van der Waals surface area contributed by atoms with Crippen LogP contribution in [0.5, 0.6) is 0 Å². The third-order valence-electron chi connectivity index (χ3n) is 5.13. The molecule has 19 heavy (non-hydrogen) atoms. The lowest BCUT2D eigenvalue weighted by molar-refractivity contribution is 0.0490. The second-order valence-corrected chi connectivity index (χ2v) is 6.33. The highest BCUT2D eigenvalue weighted by Gasteiger charge is 2.38. The third-order valence-corrected chi connectivity index (χ3v) is 5.13. The van der Waals surface area contributed by atoms with Crippen LogP contribution in [-0.4, -0.2) is 38.3 Å². The minimum absolute atomic E-state index is 0.196. The van der Waals surface area contributed by atoms with Gasteiger partial charge in [-0.25, -0.2) is 0 Å². The standard InChI is InChI=1S/C14H25N5/c1-12-3-2-5-14(10-15,6-4-12)19-8-7-18-11-16-17-13(18)9-19/h11-12H,2-10,15H2,1H3. The Bertz CT molecular complexity index is 429. The first-order chi connectivity index (χ1) is 9.23. The molecule has 3 rings (SSSR count). The van der Waals surface area contributed by atoms with E-state index >= 15 is 0 Å². The van der Waals surface area contributed by atoms with Crippen LogP contribution in [0.15, 0.2) is 6.33 Å². The molecule has 1 aliphatic heterocycles. The Morgan fingerprint density at radius 1 is 1.37 bits per heavy atom. The number of aromatic nitrogens is 3. The highest BCUT2D eigenvalue weighted by atomic mass is 15.3. The van der Waals surface area contributed by atoms with Crippen molar-refractivity contribution in [3.05, 3.63) is 12.2 Å². The normalized spacial score (nSPS) is 32.8. The summed E-state index contributed by atoms with van der Waals surface area (Å²) < 4.78 is 2.17. The van der Waals surface area contributed by atoms with Gasteiger partial charge in [0, 0.05) is 25.2 Å². The zero-order valence-corrected chi connectivity index (χ0v) is 11.9. The van der Waals surface area contributed by atoms with Gasteiger partial charge in [0.05, 0.1) is 6.54 Å². The van der Waals surface area contributed by atoms with Crippen LogP contribution < -0.4 is 5.73 Å². The van der Waals surface area contributed by atoms with Crippen LogP contribution in [0.4, 0.5) is 0 Å². The van der Waals surface area contributed by atoms with Crippen LogP contribution in [0.2, 0.25) is 0 Å². The van der Waals surface area contributed by atoms with E-state index in [1.54, 1.807) is 0 Å². The Morgan fingerprint density at radius 2 is 2.26 bits per heavy atom. The van der Waals surface area contributed by atoms with Crippen molar-refractivity contribution in [1.29, 1.82) is 0 Å². The van der Waals surface area contributed by atoms with E-state index < -0.39 is 0 Å². The summed E-state index contributed by atoms with van der Waals surface area (Å²) in [6.07, 6.45) is 8.28. The number of hydrogen-bond donors (Lipinski definition) is 1. The highest BCUT2D eigenvalue weighted by molar-refractivity contribution is 4.99. The summed E-state index contributed by atoms with van der Waals surface area (Å²) >= 11 is 0. The predicted octanol–water partition coefficient (Wildman–Crippen LogP) is 1.39. The molecule has 2 atom stereocenters. The fourth-order valence-electron chi connectivity index (χ4n) is 3.68. The van der Waals surface area contributed by atoms with E-state index in [2.05, 4.69) is 26.6 Å². The molecule has 106 valence electrons. The van der Waals surface area contributed by atoms with Crippen molar-refractivity contribution in [3.8, 4) is 0 Å². The molecule has 0 amide bonds. The van der Waals surface area contributed by atoms with Crippen molar-refractivity contribution in [2.24, 2.45) is 11.7 Å². The summed E-state index contributed by atoms with van der Waals surface area (Å²) in [4.78, 5) is 2.58. The summed E-state index contributed by atoms with van der Waals surface area (Å²) in [6.45, 7) is 6.13. The van der Waals surface area contributed by atoms with Crippen LogP contribution in [0.3, 0.4) is 0 Å². The molecule has 1 fully saturated rings. The molecule has 1 aromatic rings. The molecule has 1 aliphatic carbocycles.